The molecule has 2 saturated heterocycles. The van der Waals surface area contributed by atoms with E-state index in [1.54, 1.807) is 11.3 Å². The number of anilines is 1. The fourth-order valence-electron chi connectivity index (χ4n) is 3.94. The Balaban J connectivity index is 0.000000339. The van der Waals surface area contributed by atoms with E-state index < -0.39 is 12.1 Å². The van der Waals surface area contributed by atoms with Crippen LogP contribution in [0.5, 0.6) is 0 Å². The lowest BCUT2D eigenvalue weighted by Crippen LogP contribution is -2.47. The second kappa shape index (κ2) is 9.21. The maximum Gasteiger partial charge on any atom is 0.490 e. The van der Waals surface area contributed by atoms with Crippen LogP contribution in [0.3, 0.4) is 0 Å². The Hall–Kier alpha value is -2.69. The highest BCUT2D eigenvalue weighted by Crippen LogP contribution is 2.40. The SMILES string of the molecule is Cc1cnc(N2CCC3(CCCN(C(=O)c4ccsc4)C3)C2)nc1.O=C(O)C(F)(F)F. The molecule has 168 valence electrons. The number of carboxylic acids is 1. The van der Waals surface area contributed by atoms with Gasteiger partial charge in [-0.05, 0) is 43.2 Å². The Bertz CT molecular complexity index is 905. The molecule has 4 rings (SSSR count). The summed E-state index contributed by atoms with van der Waals surface area (Å²) in [6.45, 7) is 5.65. The van der Waals surface area contributed by atoms with Crippen molar-refractivity contribution in [1.82, 2.24) is 14.9 Å². The van der Waals surface area contributed by atoms with E-state index in [1.807, 2.05) is 41.0 Å². The largest absolute Gasteiger partial charge is 0.490 e. The molecule has 2 aliphatic rings. The van der Waals surface area contributed by atoms with Gasteiger partial charge in [0.2, 0.25) is 5.95 Å². The van der Waals surface area contributed by atoms with E-state index in [0.29, 0.717) is 0 Å². The van der Waals surface area contributed by atoms with Crippen molar-refractivity contribution in [2.45, 2.75) is 32.4 Å². The van der Waals surface area contributed by atoms with Crippen molar-refractivity contribution < 1.29 is 27.9 Å². The number of rotatable bonds is 2. The minimum absolute atomic E-state index is 0.181. The minimum Gasteiger partial charge on any atom is -0.475 e. The van der Waals surface area contributed by atoms with Gasteiger partial charge < -0.3 is 14.9 Å². The number of carboxylic acid groups (broad SMARTS) is 1. The summed E-state index contributed by atoms with van der Waals surface area (Å²) in [6.07, 6.45) is 2.04. The number of carbonyl (C=O) groups excluding carboxylic acids is 1. The van der Waals surface area contributed by atoms with E-state index in [0.717, 1.165) is 56.1 Å². The number of aliphatic carboxylic acids is 1. The number of hydrogen-bond acceptors (Lipinski definition) is 6. The van der Waals surface area contributed by atoms with Crippen LogP contribution in [0.1, 0.15) is 35.2 Å². The van der Waals surface area contributed by atoms with Crippen molar-refractivity contribution in [3.63, 3.8) is 0 Å². The Morgan fingerprint density at radius 3 is 2.42 bits per heavy atom. The predicted molar refractivity (Wildman–Crippen MR) is 109 cm³/mol. The fraction of sp³-hybridized carbons (Fsp3) is 0.500. The van der Waals surface area contributed by atoms with Gasteiger partial charge in [-0.15, -0.1) is 0 Å². The summed E-state index contributed by atoms with van der Waals surface area (Å²) in [5, 5.41) is 11.0. The first-order valence-electron chi connectivity index (χ1n) is 9.75. The Kier molecular flexibility index (Phi) is 6.83. The van der Waals surface area contributed by atoms with Gasteiger partial charge in [-0.3, -0.25) is 4.79 Å². The molecular formula is C20H23F3N4O3S. The highest BCUT2D eigenvalue weighted by molar-refractivity contribution is 7.08. The van der Waals surface area contributed by atoms with Crippen molar-refractivity contribution >= 4 is 29.2 Å². The third-order valence-corrected chi connectivity index (χ3v) is 6.13. The first-order valence-corrected chi connectivity index (χ1v) is 10.7. The van der Waals surface area contributed by atoms with E-state index >= 15 is 0 Å². The number of nitrogens with zero attached hydrogens (tertiary/aromatic N) is 4. The number of alkyl halides is 3. The highest BCUT2D eigenvalue weighted by atomic mass is 32.1. The van der Waals surface area contributed by atoms with Crippen LogP contribution >= 0.6 is 11.3 Å². The van der Waals surface area contributed by atoms with Crippen LogP contribution in [-0.4, -0.2) is 64.2 Å². The van der Waals surface area contributed by atoms with Crippen LogP contribution in [-0.2, 0) is 4.79 Å². The van der Waals surface area contributed by atoms with E-state index in [9.17, 15) is 18.0 Å². The molecule has 0 aliphatic carbocycles. The maximum atomic E-state index is 12.7. The van der Waals surface area contributed by atoms with Gasteiger partial charge in [-0.25, -0.2) is 14.8 Å². The number of aromatic nitrogens is 2. The highest BCUT2D eigenvalue weighted by Gasteiger charge is 2.43. The third kappa shape index (κ3) is 5.72. The zero-order chi connectivity index (χ0) is 22.6. The number of aryl methyl sites for hydroxylation is 1. The predicted octanol–water partition coefficient (Wildman–Crippen LogP) is 3.61. The summed E-state index contributed by atoms with van der Waals surface area (Å²) in [7, 11) is 0. The Morgan fingerprint density at radius 2 is 1.84 bits per heavy atom. The minimum atomic E-state index is -5.08. The molecule has 4 heterocycles. The average molecular weight is 456 g/mol. The molecule has 1 atom stereocenters. The lowest BCUT2D eigenvalue weighted by molar-refractivity contribution is -0.192. The molecule has 0 aromatic carbocycles. The summed E-state index contributed by atoms with van der Waals surface area (Å²) in [6, 6.07) is 1.93. The van der Waals surface area contributed by atoms with Crippen LogP contribution in [0, 0.1) is 12.3 Å². The molecule has 1 spiro atoms. The average Bonchev–Trinajstić information content (AvgIpc) is 3.39. The molecule has 2 fully saturated rings. The smallest absolute Gasteiger partial charge is 0.475 e. The van der Waals surface area contributed by atoms with Gasteiger partial charge in [0.05, 0.1) is 5.56 Å². The zero-order valence-electron chi connectivity index (χ0n) is 16.9. The number of thiophene rings is 1. The molecule has 1 N–H and O–H groups in total. The van der Waals surface area contributed by atoms with Crippen molar-refractivity contribution in [1.29, 1.82) is 0 Å². The summed E-state index contributed by atoms with van der Waals surface area (Å²) in [4.78, 5) is 34.8. The standard InChI is InChI=1S/C18H22N4OS.C2HF3O2/c1-14-9-19-17(20-10-14)22-7-5-18(13-22)4-2-6-21(12-18)16(23)15-3-8-24-11-15;3-2(4,5)1(6)7/h3,8-11H,2,4-7,12-13H2,1H3;(H,6,7). The molecule has 2 aliphatic heterocycles. The number of piperidine rings is 1. The first-order chi connectivity index (χ1) is 14.6. The van der Waals surface area contributed by atoms with E-state index in [4.69, 9.17) is 9.90 Å². The molecule has 2 aromatic heterocycles. The number of carbonyl (C=O) groups is 2. The zero-order valence-corrected chi connectivity index (χ0v) is 17.7. The lowest BCUT2D eigenvalue weighted by atomic mass is 9.79. The van der Waals surface area contributed by atoms with Gasteiger partial charge in [-0.2, -0.15) is 24.5 Å². The van der Waals surface area contributed by atoms with E-state index in [-0.39, 0.29) is 11.3 Å². The van der Waals surface area contributed by atoms with Crippen LogP contribution in [0.25, 0.3) is 0 Å². The van der Waals surface area contributed by atoms with Crippen LogP contribution in [0.4, 0.5) is 19.1 Å². The van der Waals surface area contributed by atoms with Gasteiger partial charge in [-0.1, -0.05) is 0 Å². The van der Waals surface area contributed by atoms with Crippen LogP contribution < -0.4 is 4.90 Å². The Morgan fingerprint density at radius 1 is 1.16 bits per heavy atom. The van der Waals surface area contributed by atoms with Gasteiger partial charge in [0.1, 0.15) is 0 Å². The molecule has 31 heavy (non-hydrogen) atoms. The molecule has 7 nitrogen and oxygen atoms in total. The summed E-state index contributed by atoms with van der Waals surface area (Å²) in [5.41, 5.74) is 2.10. The Labute approximate surface area is 181 Å². The molecule has 1 amide bonds. The topological polar surface area (TPSA) is 86.6 Å². The van der Waals surface area contributed by atoms with Crippen molar-refractivity contribution in [3.8, 4) is 0 Å². The molecule has 11 heteroatoms. The first kappa shape index (κ1) is 23.0. The molecule has 2 aromatic rings. The fourth-order valence-corrected chi connectivity index (χ4v) is 4.57. The van der Waals surface area contributed by atoms with Gasteiger partial charge in [0.25, 0.3) is 5.91 Å². The van der Waals surface area contributed by atoms with Gasteiger partial charge in [0.15, 0.2) is 0 Å². The molecule has 1 unspecified atom stereocenters. The van der Waals surface area contributed by atoms with Crippen molar-refractivity contribution in [2.75, 3.05) is 31.1 Å². The van der Waals surface area contributed by atoms with E-state index in [1.165, 1.54) is 6.42 Å². The number of likely N-dealkylation sites (tertiary alicyclic amines) is 1. The third-order valence-electron chi connectivity index (χ3n) is 5.45. The van der Waals surface area contributed by atoms with Crippen molar-refractivity contribution in [2.24, 2.45) is 5.41 Å². The van der Waals surface area contributed by atoms with Crippen LogP contribution in [0.2, 0.25) is 0 Å². The summed E-state index contributed by atoms with van der Waals surface area (Å²) < 4.78 is 31.7. The normalized spacial score (nSPS) is 21.0. The number of amides is 1. The summed E-state index contributed by atoms with van der Waals surface area (Å²) in [5.74, 6) is -1.76. The number of halogens is 3. The molecule has 0 bridgehead atoms. The molecular weight excluding hydrogens is 433 g/mol. The maximum absolute atomic E-state index is 12.7. The van der Waals surface area contributed by atoms with Gasteiger partial charge >= 0.3 is 12.1 Å². The molecule has 0 radical (unpaired) electrons. The molecule has 0 saturated carbocycles. The van der Waals surface area contributed by atoms with Crippen LogP contribution in [0.15, 0.2) is 29.2 Å². The monoisotopic (exact) mass is 456 g/mol. The summed E-state index contributed by atoms with van der Waals surface area (Å²) >= 11 is 1.58. The van der Waals surface area contributed by atoms with E-state index in [2.05, 4.69) is 14.9 Å². The lowest BCUT2D eigenvalue weighted by Gasteiger charge is -2.40. The second-order valence-electron chi connectivity index (χ2n) is 7.88. The number of hydrogen-bond donors (Lipinski definition) is 1. The second-order valence-corrected chi connectivity index (χ2v) is 8.66. The van der Waals surface area contributed by atoms with Gasteiger partial charge in [0, 0.05) is 49.4 Å². The quantitative estimate of drug-likeness (QED) is 0.743. The van der Waals surface area contributed by atoms with Crippen molar-refractivity contribution in [3.05, 3.63) is 40.3 Å².